The van der Waals surface area contributed by atoms with Crippen LogP contribution in [0.1, 0.15) is 51.1 Å². The van der Waals surface area contributed by atoms with E-state index in [2.05, 4.69) is 0 Å². The second-order valence-corrected chi connectivity index (χ2v) is 7.16. The molecule has 0 spiro atoms. The Balaban J connectivity index is 1.68. The summed E-state index contributed by atoms with van der Waals surface area (Å²) in [7, 11) is 0. The maximum atomic E-state index is 12.9. The van der Waals surface area contributed by atoms with E-state index in [0.29, 0.717) is 6.61 Å². The van der Waals surface area contributed by atoms with Crippen LogP contribution in [-0.4, -0.2) is 58.6 Å². The van der Waals surface area contributed by atoms with Gasteiger partial charge in [-0.15, -0.1) is 0 Å². The monoisotopic (exact) mass is 360 g/mol. The third-order valence-corrected chi connectivity index (χ3v) is 5.34. The summed E-state index contributed by atoms with van der Waals surface area (Å²) in [5.74, 6) is -0.00196. The van der Waals surface area contributed by atoms with Crippen molar-refractivity contribution in [3.8, 4) is 5.75 Å². The molecule has 0 radical (unpaired) electrons. The van der Waals surface area contributed by atoms with E-state index in [4.69, 9.17) is 4.74 Å². The van der Waals surface area contributed by atoms with Gasteiger partial charge in [0, 0.05) is 12.6 Å². The molecule has 26 heavy (non-hydrogen) atoms. The average Bonchev–Trinajstić information content (AvgIpc) is 3.35. The number of aliphatic carboxylic acids is 1. The van der Waals surface area contributed by atoms with Gasteiger partial charge in [0.25, 0.3) is 0 Å². The average molecular weight is 360 g/mol. The van der Waals surface area contributed by atoms with Crippen LogP contribution in [-0.2, 0) is 9.59 Å². The topological polar surface area (TPSA) is 70.1 Å². The molecule has 2 atom stereocenters. The highest BCUT2D eigenvalue weighted by Gasteiger charge is 2.38. The van der Waals surface area contributed by atoms with Gasteiger partial charge in [0.05, 0.1) is 19.2 Å². The van der Waals surface area contributed by atoms with Crippen LogP contribution >= 0.6 is 0 Å². The highest BCUT2D eigenvalue weighted by atomic mass is 16.5. The highest BCUT2D eigenvalue weighted by Crippen LogP contribution is 2.34. The molecule has 2 unspecified atom stereocenters. The molecule has 6 nitrogen and oxygen atoms in total. The molecule has 6 heteroatoms. The number of hydrogen-bond acceptors (Lipinski definition) is 4. The van der Waals surface area contributed by atoms with E-state index >= 15 is 0 Å². The van der Waals surface area contributed by atoms with Gasteiger partial charge in [0.1, 0.15) is 11.8 Å². The van der Waals surface area contributed by atoms with Crippen molar-refractivity contribution in [3.05, 3.63) is 29.8 Å². The van der Waals surface area contributed by atoms with Crippen LogP contribution in [0.5, 0.6) is 5.75 Å². The first kappa shape index (κ1) is 18.7. The highest BCUT2D eigenvalue weighted by molar-refractivity contribution is 5.80. The summed E-state index contributed by atoms with van der Waals surface area (Å²) in [6.45, 7) is 5.17. The standard InChI is InChI=1S/C20H28N2O4/c1-3-26-17-10-6-15(7-11-17)18-5-4-12-21(18)19(23)13-22(16-8-9-16)14(2)20(24)25/h6-7,10-11,14,16,18H,3-5,8-9,12-13H2,1-2H3,(H,24,25). The van der Waals surface area contributed by atoms with Crippen molar-refractivity contribution in [1.29, 1.82) is 0 Å². The molecule has 2 fully saturated rings. The van der Waals surface area contributed by atoms with Crippen molar-refractivity contribution in [2.75, 3.05) is 19.7 Å². The summed E-state index contributed by atoms with van der Waals surface area (Å²) in [5.41, 5.74) is 1.11. The van der Waals surface area contributed by atoms with Gasteiger partial charge in [-0.2, -0.15) is 0 Å². The summed E-state index contributed by atoms with van der Waals surface area (Å²) in [4.78, 5) is 28.1. The Morgan fingerprint density at radius 2 is 1.96 bits per heavy atom. The van der Waals surface area contributed by atoms with Gasteiger partial charge in [-0.3, -0.25) is 14.5 Å². The fourth-order valence-electron chi connectivity index (χ4n) is 3.74. The third-order valence-electron chi connectivity index (χ3n) is 5.34. The van der Waals surface area contributed by atoms with Crippen molar-refractivity contribution in [2.24, 2.45) is 0 Å². The Labute approximate surface area is 154 Å². The minimum absolute atomic E-state index is 0.0291. The number of carboxylic acid groups (broad SMARTS) is 1. The number of ether oxygens (including phenoxy) is 1. The predicted molar refractivity (Wildman–Crippen MR) is 98.1 cm³/mol. The summed E-state index contributed by atoms with van der Waals surface area (Å²) in [5, 5.41) is 9.33. The zero-order chi connectivity index (χ0) is 18.7. The smallest absolute Gasteiger partial charge is 0.320 e. The molecule has 0 bridgehead atoms. The van der Waals surface area contributed by atoms with E-state index in [9.17, 15) is 14.7 Å². The van der Waals surface area contributed by atoms with Crippen LogP contribution in [0, 0.1) is 0 Å². The van der Waals surface area contributed by atoms with Gasteiger partial charge in [-0.1, -0.05) is 12.1 Å². The predicted octanol–water partition coefficient (Wildman–Crippen LogP) is 2.69. The van der Waals surface area contributed by atoms with Crippen molar-refractivity contribution in [2.45, 2.75) is 57.7 Å². The minimum Gasteiger partial charge on any atom is -0.494 e. The Morgan fingerprint density at radius 3 is 2.54 bits per heavy atom. The Hall–Kier alpha value is -2.08. The second-order valence-electron chi connectivity index (χ2n) is 7.16. The van der Waals surface area contributed by atoms with Crippen molar-refractivity contribution in [1.82, 2.24) is 9.80 Å². The molecule has 1 saturated heterocycles. The van der Waals surface area contributed by atoms with Crippen molar-refractivity contribution < 1.29 is 19.4 Å². The lowest BCUT2D eigenvalue weighted by molar-refractivity contribution is -0.144. The number of amides is 1. The Bertz CT molecular complexity index is 642. The Morgan fingerprint density at radius 1 is 1.27 bits per heavy atom. The maximum absolute atomic E-state index is 12.9. The third kappa shape index (κ3) is 4.18. The number of benzene rings is 1. The molecule has 1 amide bonds. The molecular weight excluding hydrogens is 332 g/mol. The molecule has 1 N–H and O–H groups in total. The van der Waals surface area contributed by atoms with Gasteiger partial charge in [-0.25, -0.2) is 0 Å². The first-order valence-electron chi connectivity index (χ1n) is 9.52. The van der Waals surface area contributed by atoms with Gasteiger partial charge >= 0.3 is 5.97 Å². The molecule has 3 rings (SSSR count). The van der Waals surface area contributed by atoms with E-state index in [1.165, 1.54) is 0 Å². The van der Waals surface area contributed by atoms with Crippen LogP contribution in [0.15, 0.2) is 24.3 Å². The van der Waals surface area contributed by atoms with Crippen LogP contribution in [0.2, 0.25) is 0 Å². The van der Waals surface area contributed by atoms with Gasteiger partial charge < -0.3 is 14.7 Å². The zero-order valence-electron chi connectivity index (χ0n) is 15.6. The van der Waals surface area contributed by atoms with E-state index in [1.54, 1.807) is 6.92 Å². The van der Waals surface area contributed by atoms with Crippen LogP contribution in [0.4, 0.5) is 0 Å². The quantitative estimate of drug-likeness (QED) is 0.772. The van der Waals surface area contributed by atoms with Gasteiger partial charge in [0.2, 0.25) is 5.91 Å². The molecule has 1 aliphatic carbocycles. The largest absolute Gasteiger partial charge is 0.494 e. The van der Waals surface area contributed by atoms with Crippen molar-refractivity contribution >= 4 is 11.9 Å². The summed E-state index contributed by atoms with van der Waals surface area (Å²) in [6, 6.07) is 7.62. The molecular formula is C20H28N2O4. The zero-order valence-corrected chi connectivity index (χ0v) is 15.6. The number of carbonyl (C=O) groups excluding carboxylic acids is 1. The number of rotatable bonds is 8. The van der Waals surface area contributed by atoms with Crippen LogP contribution in [0.25, 0.3) is 0 Å². The first-order chi connectivity index (χ1) is 12.5. The molecule has 142 valence electrons. The number of carboxylic acids is 1. The number of carbonyl (C=O) groups is 2. The lowest BCUT2D eigenvalue weighted by Gasteiger charge is -2.30. The number of likely N-dealkylation sites (tertiary alicyclic amines) is 1. The molecule has 1 aromatic rings. The fourth-order valence-corrected chi connectivity index (χ4v) is 3.74. The first-order valence-corrected chi connectivity index (χ1v) is 9.52. The summed E-state index contributed by atoms with van der Waals surface area (Å²) >= 11 is 0. The summed E-state index contributed by atoms with van der Waals surface area (Å²) < 4.78 is 5.49. The lowest BCUT2D eigenvalue weighted by Crippen LogP contribution is -2.47. The number of nitrogens with zero attached hydrogens (tertiary/aromatic N) is 2. The Kier molecular flexibility index (Phi) is 5.81. The van der Waals surface area contributed by atoms with E-state index < -0.39 is 12.0 Å². The molecule has 1 saturated carbocycles. The minimum atomic E-state index is -0.866. The maximum Gasteiger partial charge on any atom is 0.320 e. The molecule has 0 aromatic heterocycles. The van der Waals surface area contributed by atoms with E-state index in [1.807, 2.05) is 41.0 Å². The molecule has 1 aliphatic heterocycles. The molecule has 1 heterocycles. The molecule has 2 aliphatic rings. The number of hydrogen-bond donors (Lipinski definition) is 1. The lowest BCUT2D eigenvalue weighted by atomic mass is 10.0. The van der Waals surface area contributed by atoms with Crippen LogP contribution < -0.4 is 4.74 Å². The summed E-state index contributed by atoms with van der Waals surface area (Å²) in [6.07, 6.45) is 3.87. The SMILES string of the molecule is CCOc1ccc(C2CCCN2C(=O)CN(C2CC2)C(C)C(=O)O)cc1. The van der Waals surface area contributed by atoms with Crippen LogP contribution in [0.3, 0.4) is 0 Å². The van der Waals surface area contributed by atoms with Gasteiger partial charge in [0.15, 0.2) is 0 Å². The second kappa shape index (κ2) is 8.08. The fraction of sp³-hybridized carbons (Fsp3) is 0.600. The van der Waals surface area contributed by atoms with Crippen molar-refractivity contribution in [3.63, 3.8) is 0 Å². The normalized spacial score (nSPS) is 21.0. The van der Waals surface area contributed by atoms with E-state index in [0.717, 1.165) is 43.5 Å². The van der Waals surface area contributed by atoms with E-state index in [-0.39, 0.29) is 24.5 Å². The van der Waals surface area contributed by atoms with Gasteiger partial charge in [-0.05, 0) is 57.2 Å². The molecule has 1 aromatic carbocycles.